The van der Waals surface area contributed by atoms with Crippen molar-refractivity contribution in [1.29, 1.82) is 0 Å². The van der Waals surface area contributed by atoms with Crippen LogP contribution in [0.5, 0.6) is 0 Å². The van der Waals surface area contributed by atoms with E-state index >= 15 is 0 Å². The first kappa shape index (κ1) is 19.8. The lowest BCUT2D eigenvalue weighted by Crippen LogP contribution is -2.30. The number of amides is 1. The molecule has 0 N–H and O–H groups in total. The third-order valence-electron chi connectivity index (χ3n) is 5.28. The van der Waals surface area contributed by atoms with Crippen molar-refractivity contribution in [3.63, 3.8) is 0 Å². The van der Waals surface area contributed by atoms with E-state index in [2.05, 4.69) is 0 Å². The van der Waals surface area contributed by atoms with Crippen LogP contribution >= 0.6 is 0 Å². The van der Waals surface area contributed by atoms with Gasteiger partial charge in [-0.2, -0.15) is 0 Å². The first-order chi connectivity index (χ1) is 13.4. The zero-order valence-electron chi connectivity index (χ0n) is 16.5. The number of aryl methyl sites for hydroxylation is 2. The van der Waals surface area contributed by atoms with Crippen molar-refractivity contribution in [1.82, 2.24) is 4.90 Å². The molecule has 0 aliphatic carbocycles. The molecule has 146 valence electrons. The summed E-state index contributed by atoms with van der Waals surface area (Å²) in [5.74, 6) is -1.33. The predicted octanol–water partition coefficient (Wildman–Crippen LogP) is 3.64. The summed E-state index contributed by atoms with van der Waals surface area (Å²) in [6.45, 7) is 5.72. The van der Waals surface area contributed by atoms with E-state index in [1.807, 2.05) is 63.2 Å². The molecule has 0 bridgehead atoms. The fourth-order valence-electron chi connectivity index (χ4n) is 3.54. The molecule has 5 heteroatoms. The van der Waals surface area contributed by atoms with E-state index in [9.17, 15) is 14.4 Å². The van der Waals surface area contributed by atoms with Crippen molar-refractivity contribution in [3.05, 3.63) is 70.8 Å². The Morgan fingerprint density at radius 1 is 1.14 bits per heavy atom. The maximum atomic E-state index is 12.4. The van der Waals surface area contributed by atoms with Gasteiger partial charge < -0.3 is 9.64 Å². The number of esters is 1. The Kier molecular flexibility index (Phi) is 5.93. The number of rotatable bonds is 6. The topological polar surface area (TPSA) is 63.7 Å². The van der Waals surface area contributed by atoms with Crippen LogP contribution in [0.3, 0.4) is 0 Å². The molecular weight excluding hydrogens is 354 g/mol. The van der Waals surface area contributed by atoms with Crippen molar-refractivity contribution in [2.75, 3.05) is 13.2 Å². The molecule has 1 amide bonds. The van der Waals surface area contributed by atoms with E-state index in [4.69, 9.17) is 4.74 Å². The first-order valence-electron chi connectivity index (χ1n) is 9.48. The Morgan fingerprint density at radius 2 is 1.86 bits per heavy atom. The van der Waals surface area contributed by atoms with Crippen LogP contribution in [0.4, 0.5) is 0 Å². The molecule has 1 aliphatic rings. The minimum atomic E-state index is -0.537. The number of ether oxygens (including phenoxy) is 1. The molecule has 0 aromatic heterocycles. The van der Waals surface area contributed by atoms with E-state index in [1.165, 1.54) is 0 Å². The van der Waals surface area contributed by atoms with Gasteiger partial charge in [0.05, 0.1) is 12.0 Å². The molecule has 0 spiro atoms. The lowest BCUT2D eigenvalue weighted by Gasteiger charge is -2.25. The van der Waals surface area contributed by atoms with Crippen LogP contribution in [-0.4, -0.2) is 35.7 Å². The largest absolute Gasteiger partial charge is 0.457 e. The van der Waals surface area contributed by atoms with Crippen LogP contribution in [0.1, 0.15) is 46.4 Å². The third kappa shape index (κ3) is 4.30. The van der Waals surface area contributed by atoms with Gasteiger partial charge in [0.1, 0.15) is 0 Å². The summed E-state index contributed by atoms with van der Waals surface area (Å²) in [6.07, 6.45) is 0.119. The van der Waals surface area contributed by atoms with Crippen molar-refractivity contribution in [3.8, 4) is 0 Å². The second kappa shape index (κ2) is 8.38. The molecular formula is C23H25NO4. The first-order valence-corrected chi connectivity index (χ1v) is 9.48. The van der Waals surface area contributed by atoms with E-state index < -0.39 is 11.9 Å². The summed E-state index contributed by atoms with van der Waals surface area (Å²) in [5, 5.41) is 0. The molecule has 0 radical (unpaired) electrons. The van der Waals surface area contributed by atoms with Gasteiger partial charge in [0.2, 0.25) is 11.7 Å². The molecule has 1 heterocycles. The monoisotopic (exact) mass is 379 g/mol. The fourth-order valence-corrected chi connectivity index (χ4v) is 3.54. The molecule has 2 aromatic carbocycles. The van der Waals surface area contributed by atoms with Crippen LogP contribution in [-0.2, 0) is 14.3 Å². The van der Waals surface area contributed by atoms with Gasteiger partial charge >= 0.3 is 5.97 Å². The Balaban J connectivity index is 1.59. The van der Waals surface area contributed by atoms with Crippen LogP contribution in [0.15, 0.2) is 48.5 Å². The normalized spacial score (nSPS) is 17.5. The van der Waals surface area contributed by atoms with Crippen LogP contribution < -0.4 is 0 Å². The molecule has 2 atom stereocenters. The Morgan fingerprint density at radius 3 is 2.57 bits per heavy atom. The quantitative estimate of drug-likeness (QED) is 0.568. The molecule has 2 aromatic rings. The number of Topliss-reactive ketones (excluding diaryl/α,β-unsaturated/α-hetero) is 1. The van der Waals surface area contributed by atoms with Crippen molar-refractivity contribution in [2.45, 2.75) is 33.2 Å². The third-order valence-corrected chi connectivity index (χ3v) is 5.28. The lowest BCUT2D eigenvalue weighted by atomic mass is 10.0. The van der Waals surface area contributed by atoms with E-state index in [1.54, 1.807) is 11.0 Å². The number of ketones is 1. The number of carbonyl (C=O) groups is 3. The molecule has 1 aliphatic heterocycles. The molecule has 5 nitrogen and oxygen atoms in total. The van der Waals surface area contributed by atoms with E-state index in [-0.39, 0.29) is 30.8 Å². The second-order valence-corrected chi connectivity index (χ2v) is 7.38. The highest BCUT2D eigenvalue weighted by Gasteiger charge is 2.38. The maximum absolute atomic E-state index is 12.4. The SMILES string of the molecule is Cc1ccc(C)c(C(=O)COC(=O)[C@@H]2CC(=O)N([C@H](C)c3ccccc3)C2)c1. The van der Waals surface area contributed by atoms with Gasteiger partial charge in [-0.05, 0) is 38.0 Å². The predicted molar refractivity (Wildman–Crippen MR) is 106 cm³/mol. The average molecular weight is 379 g/mol. The van der Waals surface area contributed by atoms with Crippen LogP contribution in [0, 0.1) is 19.8 Å². The zero-order chi connectivity index (χ0) is 20.3. The molecule has 3 rings (SSSR count). The summed E-state index contributed by atoms with van der Waals surface area (Å²) < 4.78 is 5.25. The van der Waals surface area contributed by atoms with Crippen molar-refractivity contribution < 1.29 is 19.1 Å². The molecule has 1 saturated heterocycles. The highest BCUT2D eigenvalue weighted by Crippen LogP contribution is 2.29. The Bertz CT molecular complexity index is 891. The van der Waals surface area contributed by atoms with Gasteiger partial charge in [-0.15, -0.1) is 0 Å². The van der Waals surface area contributed by atoms with Crippen LogP contribution in [0.2, 0.25) is 0 Å². The number of likely N-dealkylation sites (tertiary alicyclic amines) is 1. The number of hydrogen-bond donors (Lipinski definition) is 0. The smallest absolute Gasteiger partial charge is 0.311 e. The second-order valence-electron chi connectivity index (χ2n) is 7.38. The lowest BCUT2D eigenvalue weighted by molar-refractivity contribution is -0.147. The Labute approximate surface area is 165 Å². The zero-order valence-corrected chi connectivity index (χ0v) is 16.5. The van der Waals surface area contributed by atoms with E-state index in [0.717, 1.165) is 16.7 Å². The summed E-state index contributed by atoms with van der Waals surface area (Å²) in [6, 6.07) is 15.2. The maximum Gasteiger partial charge on any atom is 0.311 e. The summed E-state index contributed by atoms with van der Waals surface area (Å²) in [7, 11) is 0. The number of nitrogens with zero attached hydrogens (tertiary/aromatic N) is 1. The Hall–Kier alpha value is -2.95. The average Bonchev–Trinajstić information content (AvgIpc) is 3.09. The van der Waals surface area contributed by atoms with Gasteiger partial charge in [0.25, 0.3) is 0 Å². The van der Waals surface area contributed by atoms with Crippen LogP contribution in [0.25, 0.3) is 0 Å². The number of benzene rings is 2. The molecule has 0 saturated carbocycles. The fraction of sp³-hybridized carbons (Fsp3) is 0.348. The van der Waals surface area contributed by atoms with Gasteiger partial charge in [-0.25, -0.2) is 0 Å². The highest BCUT2D eigenvalue weighted by atomic mass is 16.5. The molecule has 28 heavy (non-hydrogen) atoms. The number of carbonyl (C=O) groups excluding carboxylic acids is 3. The number of hydrogen-bond acceptors (Lipinski definition) is 4. The van der Waals surface area contributed by atoms with Crippen molar-refractivity contribution in [2.24, 2.45) is 5.92 Å². The van der Waals surface area contributed by atoms with Gasteiger partial charge in [-0.1, -0.05) is 48.0 Å². The molecule has 1 fully saturated rings. The minimum Gasteiger partial charge on any atom is -0.457 e. The summed E-state index contributed by atoms with van der Waals surface area (Å²) in [4.78, 5) is 38.9. The standard InChI is InChI=1S/C23H25NO4/c1-15-9-10-16(2)20(11-15)21(25)14-28-23(27)19-12-22(26)24(13-19)17(3)18-7-5-4-6-8-18/h4-11,17,19H,12-14H2,1-3H3/t17-,19-/m1/s1. The summed E-state index contributed by atoms with van der Waals surface area (Å²) in [5.41, 5.74) is 3.42. The van der Waals surface area contributed by atoms with Crippen molar-refractivity contribution >= 4 is 17.7 Å². The minimum absolute atomic E-state index is 0.0702. The van der Waals surface area contributed by atoms with Gasteiger partial charge in [0, 0.05) is 18.5 Å². The van der Waals surface area contributed by atoms with Gasteiger partial charge in [0.15, 0.2) is 6.61 Å². The van der Waals surface area contributed by atoms with Gasteiger partial charge in [-0.3, -0.25) is 14.4 Å². The summed E-state index contributed by atoms with van der Waals surface area (Å²) >= 11 is 0. The highest BCUT2D eigenvalue weighted by molar-refractivity contribution is 5.99. The molecule has 0 unspecified atom stereocenters. The van der Waals surface area contributed by atoms with E-state index in [0.29, 0.717) is 12.1 Å².